The Balaban J connectivity index is 1.49. The predicted molar refractivity (Wildman–Crippen MR) is 105 cm³/mol. The first-order chi connectivity index (χ1) is 14.0. The van der Waals surface area contributed by atoms with Crippen LogP contribution in [0.5, 0.6) is 5.75 Å². The minimum atomic E-state index is -0.974. The summed E-state index contributed by atoms with van der Waals surface area (Å²) in [7, 11) is 1.53. The Morgan fingerprint density at radius 1 is 1.14 bits per heavy atom. The average molecular weight is 414 g/mol. The van der Waals surface area contributed by atoms with E-state index in [1.54, 1.807) is 48.5 Å². The Kier molecular flexibility index (Phi) is 4.89. The molecule has 2 heterocycles. The van der Waals surface area contributed by atoms with Crippen LogP contribution in [0.3, 0.4) is 0 Å². The number of carbonyl (C=O) groups excluding carboxylic acids is 3. The third kappa shape index (κ3) is 3.40. The lowest BCUT2D eigenvalue weighted by atomic mass is 10.1. The van der Waals surface area contributed by atoms with Crippen molar-refractivity contribution in [2.45, 2.75) is 12.1 Å². The van der Waals surface area contributed by atoms with E-state index in [0.29, 0.717) is 22.1 Å². The molecule has 0 spiro atoms. The fraction of sp³-hybridized carbons (Fsp3) is 0.211. The van der Waals surface area contributed by atoms with Gasteiger partial charge < -0.3 is 10.1 Å². The van der Waals surface area contributed by atoms with E-state index in [9.17, 15) is 14.4 Å². The van der Waals surface area contributed by atoms with Gasteiger partial charge in [-0.2, -0.15) is 5.11 Å². The highest BCUT2D eigenvalue weighted by atomic mass is 35.5. The van der Waals surface area contributed by atoms with Crippen molar-refractivity contribution in [1.82, 2.24) is 5.01 Å². The van der Waals surface area contributed by atoms with E-state index < -0.39 is 29.8 Å². The Morgan fingerprint density at radius 3 is 2.55 bits per heavy atom. The van der Waals surface area contributed by atoms with Gasteiger partial charge in [0.25, 0.3) is 11.8 Å². The molecule has 0 saturated carbocycles. The van der Waals surface area contributed by atoms with Gasteiger partial charge in [0.15, 0.2) is 12.1 Å². The number of nitrogens with one attached hydrogen (secondary N) is 1. The van der Waals surface area contributed by atoms with E-state index in [1.807, 2.05) is 0 Å². The van der Waals surface area contributed by atoms with Gasteiger partial charge in [0.2, 0.25) is 5.91 Å². The maximum absolute atomic E-state index is 12.9. The van der Waals surface area contributed by atoms with Crippen LogP contribution in [0.1, 0.15) is 0 Å². The van der Waals surface area contributed by atoms with Crippen LogP contribution in [-0.4, -0.2) is 48.5 Å². The third-order valence-electron chi connectivity index (χ3n) is 4.64. The van der Waals surface area contributed by atoms with Gasteiger partial charge in [0.05, 0.1) is 23.5 Å². The largest absolute Gasteiger partial charge is 0.497 e. The SMILES string of the molecule is COc1ccc(N2C(=O)[C@H]3N=NN(CC(=O)Nc4ccccc4Cl)[C@@H]3C2=O)cc1. The van der Waals surface area contributed by atoms with Crippen molar-refractivity contribution in [3.8, 4) is 5.75 Å². The number of hydrogen-bond acceptors (Lipinski definition) is 7. The lowest BCUT2D eigenvalue weighted by Crippen LogP contribution is -2.43. The van der Waals surface area contributed by atoms with Crippen LogP contribution in [0.15, 0.2) is 58.9 Å². The molecule has 0 aromatic heterocycles. The number of amides is 3. The third-order valence-corrected chi connectivity index (χ3v) is 4.97. The number of anilines is 2. The van der Waals surface area contributed by atoms with Crippen molar-refractivity contribution in [3.63, 3.8) is 0 Å². The molecule has 2 aliphatic rings. The minimum absolute atomic E-state index is 0.245. The summed E-state index contributed by atoms with van der Waals surface area (Å²) < 4.78 is 5.09. The van der Waals surface area contributed by atoms with Crippen LogP contribution < -0.4 is 15.0 Å². The molecule has 1 N–H and O–H groups in total. The molecule has 2 aromatic carbocycles. The van der Waals surface area contributed by atoms with Gasteiger partial charge >= 0.3 is 0 Å². The molecular weight excluding hydrogens is 398 g/mol. The highest BCUT2D eigenvalue weighted by molar-refractivity contribution is 6.33. The Hall–Kier alpha value is -3.46. The number of benzene rings is 2. The molecular formula is C19H16ClN5O4. The summed E-state index contributed by atoms with van der Waals surface area (Å²) in [5, 5.41) is 12.0. The van der Waals surface area contributed by atoms with Crippen LogP contribution in [0.25, 0.3) is 0 Å². The van der Waals surface area contributed by atoms with Crippen LogP contribution >= 0.6 is 11.6 Å². The number of carbonyl (C=O) groups is 3. The van der Waals surface area contributed by atoms with E-state index in [2.05, 4.69) is 15.7 Å². The minimum Gasteiger partial charge on any atom is -0.497 e. The number of imide groups is 1. The monoisotopic (exact) mass is 413 g/mol. The van der Waals surface area contributed by atoms with E-state index in [0.717, 1.165) is 4.90 Å². The van der Waals surface area contributed by atoms with Gasteiger partial charge in [-0.05, 0) is 36.4 Å². The lowest BCUT2D eigenvalue weighted by Gasteiger charge is -2.20. The molecule has 1 fully saturated rings. The van der Waals surface area contributed by atoms with Crippen LogP contribution in [0, 0.1) is 0 Å². The Morgan fingerprint density at radius 2 is 1.86 bits per heavy atom. The summed E-state index contributed by atoms with van der Waals surface area (Å²) in [4.78, 5) is 39.1. The summed E-state index contributed by atoms with van der Waals surface area (Å²) in [6, 6.07) is 11.4. The number of halogens is 1. The molecule has 1 saturated heterocycles. The molecule has 0 aliphatic carbocycles. The maximum atomic E-state index is 12.9. The molecule has 2 aromatic rings. The van der Waals surface area contributed by atoms with E-state index in [-0.39, 0.29) is 6.54 Å². The first kappa shape index (κ1) is 18.9. The zero-order valence-corrected chi connectivity index (χ0v) is 16.0. The molecule has 0 unspecified atom stereocenters. The number of hydrogen-bond donors (Lipinski definition) is 1. The lowest BCUT2D eigenvalue weighted by molar-refractivity contribution is -0.123. The second kappa shape index (κ2) is 7.51. The quantitative estimate of drug-likeness (QED) is 0.757. The maximum Gasteiger partial charge on any atom is 0.263 e. The van der Waals surface area contributed by atoms with Gasteiger partial charge in [0.1, 0.15) is 12.3 Å². The summed E-state index contributed by atoms with van der Waals surface area (Å²) in [5.74, 6) is -0.796. The summed E-state index contributed by atoms with van der Waals surface area (Å²) >= 11 is 6.04. The molecule has 2 atom stereocenters. The summed E-state index contributed by atoms with van der Waals surface area (Å²) in [6.45, 7) is -0.245. The van der Waals surface area contributed by atoms with Crippen molar-refractivity contribution >= 4 is 40.7 Å². The zero-order chi connectivity index (χ0) is 20.5. The van der Waals surface area contributed by atoms with Crippen molar-refractivity contribution in [1.29, 1.82) is 0 Å². The van der Waals surface area contributed by atoms with Crippen molar-refractivity contribution < 1.29 is 19.1 Å². The van der Waals surface area contributed by atoms with E-state index in [4.69, 9.17) is 16.3 Å². The standard InChI is InChI=1S/C19H16ClN5O4/c1-29-12-8-6-11(7-9-12)25-18(27)16-17(19(25)28)24(23-22-16)10-15(26)21-14-5-3-2-4-13(14)20/h2-9,16-17H,10H2,1H3,(H,21,26)/t16-,17-/m0/s1. The van der Waals surface area contributed by atoms with E-state index >= 15 is 0 Å². The van der Waals surface area contributed by atoms with Gasteiger partial charge in [-0.25, -0.2) is 4.90 Å². The molecule has 29 heavy (non-hydrogen) atoms. The van der Waals surface area contributed by atoms with Gasteiger partial charge in [-0.1, -0.05) is 29.0 Å². The number of ether oxygens (including phenoxy) is 1. The smallest absolute Gasteiger partial charge is 0.263 e. The summed E-state index contributed by atoms with van der Waals surface area (Å²) in [6.07, 6.45) is 0. The number of fused-ring (bicyclic) bond motifs is 1. The molecule has 4 rings (SSSR count). The second-order valence-electron chi connectivity index (χ2n) is 6.43. The molecule has 0 bridgehead atoms. The zero-order valence-electron chi connectivity index (χ0n) is 15.3. The molecule has 2 aliphatic heterocycles. The highest BCUT2D eigenvalue weighted by Gasteiger charge is 2.55. The van der Waals surface area contributed by atoms with Crippen LogP contribution in [0.4, 0.5) is 11.4 Å². The fourth-order valence-corrected chi connectivity index (χ4v) is 3.42. The van der Waals surface area contributed by atoms with Gasteiger partial charge in [-0.3, -0.25) is 19.4 Å². The second-order valence-corrected chi connectivity index (χ2v) is 6.84. The van der Waals surface area contributed by atoms with Crippen LogP contribution in [-0.2, 0) is 14.4 Å². The molecule has 3 amide bonds. The molecule has 10 heteroatoms. The first-order valence-electron chi connectivity index (χ1n) is 8.73. The Bertz CT molecular complexity index is 1010. The number of methoxy groups -OCH3 is 1. The summed E-state index contributed by atoms with van der Waals surface area (Å²) in [5.41, 5.74) is 0.853. The van der Waals surface area contributed by atoms with Crippen molar-refractivity contribution in [2.24, 2.45) is 10.3 Å². The normalized spacial score (nSPS) is 20.2. The number of rotatable bonds is 5. The van der Waals surface area contributed by atoms with Crippen LogP contribution in [0.2, 0.25) is 5.02 Å². The van der Waals surface area contributed by atoms with Crippen molar-refractivity contribution in [2.75, 3.05) is 23.9 Å². The van der Waals surface area contributed by atoms with Gasteiger partial charge in [-0.15, -0.1) is 0 Å². The number of para-hydroxylation sites is 1. The van der Waals surface area contributed by atoms with Gasteiger partial charge in [0, 0.05) is 0 Å². The topological polar surface area (TPSA) is 104 Å². The molecule has 148 valence electrons. The predicted octanol–water partition coefficient (Wildman–Crippen LogP) is 2.28. The average Bonchev–Trinajstić information content (AvgIpc) is 3.23. The number of nitrogens with zero attached hydrogens (tertiary/aromatic N) is 4. The van der Waals surface area contributed by atoms with E-state index in [1.165, 1.54) is 12.1 Å². The van der Waals surface area contributed by atoms with Crippen molar-refractivity contribution in [3.05, 3.63) is 53.6 Å². The Labute approximate surface area is 170 Å². The molecule has 0 radical (unpaired) electrons. The highest BCUT2D eigenvalue weighted by Crippen LogP contribution is 2.32. The first-order valence-corrected chi connectivity index (χ1v) is 9.11. The fourth-order valence-electron chi connectivity index (χ4n) is 3.24. The molecule has 9 nitrogen and oxygen atoms in total.